The van der Waals surface area contributed by atoms with Crippen molar-refractivity contribution in [3.05, 3.63) is 84.2 Å². The minimum absolute atomic E-state index is 0.141. The fraction of sp³-hybridized carbons (Fsp3) is 0.375. The average Bonchev–Trinajstić information content (AvgIpc) is 3.51. The molecule has 0 radical (unpaired) electrons. The van der Waals surface area contributed by atoms with Crippen LogP contribution in [0.1, 0.15) is 35.8 Å². The molecule has 3 aromatic rings. The molecule has 3 heterocycles. The van der Waals surface area contributed by atoms with Gasteiger partial charge in [0.15, 0.2) is 0 Å². The van der Waals surface area contributed by atoms with Gasteiger partial charge in [-0.1, -0.05) is 36.4 Å². The smallest absolute Gasteiger partial charge is 0.240 e. The molecule has 4 rings (SSSR count). The van der Waals surface area contributed by atoms with Gasteiger partial charge in [0, 0.05) is 49.2 Å². The first-order chi connectivity index (χ1) is 15.6. The number of nitrogens with one attached hydrogen (secondary N) is 2. The lowest BCUT2D eigenvalue weighted by atomic mass is 10.0. The third-order valence-corrected chi connectivity index (χ3v) is 5.97. The van der Waals surface area contributed by atoms with E-state index in [9.17, 15) is 9.90 Å². The van der Waals surface area contributed by atoms with E-state index in [1.54, 1.807) is 23.6 Å². The molecule has 1 aliphatic heterocycles. The third kappa shape index (κ3) is 5.40. The molecule has 0 spiro atoms. The Bertz CT molecular complexity index is 967. The highest BCUT2D eigenvalue weighted by molar-refractivity contribution is 5.82. The van der Waals surface area contributed by atoms with Gasteiger partial charge < -0.3 is 20.7 Å². The van der Waals surface area contributed by atoms with Crippen LogP contribution in [-0.2, 0) is 17.6 Å². The van der Waals surface area contributed by atoms with E-state index in [0.717, 1.165) is 29.8 Å². The van der Waals surface area contributed by atoms with Gasteiger partial charge in [-0.2, -0.15) is 0 Å². The van der Waals surface area contributed by atoms with E-state index in [1.807, 2.05) is 48.5 Å². The summed E-state index contributed by atoms with van der Waals surface area (Å²) in [4.78, 5) is 26.2. The van der Waals surface area contributed by atoms with Gasteiger partial charge in [0.2, 0.25) is 5.91 Å². The molecule has 0 saturated carbocycles. The van der Waals surface area contributed by atoms with Crippen molar-refractivity contribution in [1.29, 1.82) is 0 Å². The molecule has 1 fully saturated rings. The van der Waals surface area contributed by atoms with Crippen molar-refractivity contribution >= 4 is 5.91 Å². The largest absolute Gasteiger partial charge is 0.376 e. The predicted octanol–water partition coefficient (Wildman–Crippen LogP) is 1.56. The summed E-state index contributed by atoms with van der Waals surface area (Å²) in [5.41, 5.74) is 9.01. The molecular formula is C24H30N6O2. The standard InChI is InChI=1S/C24H30N6O2/c25-20(13-19-15-26-16-28-19)24(32)30-12-6-10-22(30)23(31)29-21(17-7-2-1-3-8-17)14-18-9-4-5-11-27-18/h1-5,7-9,11,15-16,20-23,29,31H,6,10,12-14,25H2,(H,26,28)/t20-,21-,22-,23?/m0/s1. The van der Waals surface area contributed by atoms with Crippen molar-refractivity contribution in [1.82, 2.24) is 25.2 Å². The lowest BCUT2D eigenvalue weighted by Gasteiger charge is -2.33. The second-order valence-electron chi connectivity index (χ2n) is 8.23. The molecule has 5 N–H and O–H groups in total. The molecule has 1 saturated heterocycles. The number of amides is 1. The summed E-state index contributed by atoms with van der Waals surface area (Å²) in [6.45, 7) is 0.592. The summed E-state index contributed by atoms with van der Waals surface area (Å²) in [5, 5.41) is 14.5. The average molecular weight is 435 g/mol. The summed E-state index contributed by atoms with van der Waals surface area (Å²) >= 11 is 0. The fourth-order valence-electron chi connectivity index (χ4n) is 4.33. The first kappa shape index (κ1) is 22.1. The molecule has 0 aliphatic carbocycles. The number of rotatable bonds is 9. The molecule has 32 heavy (non-hydrogen) atoms. The maximum Gasteiger partial charge on any atom is 0.240 e. The Morgan fingerprint density at radius 3 is 2.75 bits per heavy atom. The summed E-state index contributed by atoms with van der Waals surface area (Å²) in [7, 11) is 0. The third-order valence-electron chi connectivity index (χ3n) is 5.97. The highest BCUT2D eigenvalue weighted by Crippen LogP contribution is 2.24. The number of pyridine rings is 1. The van der Waals surface area contributed by atoms with Gasteiger partial charge in [0.05, 0.1) is 18.4 Å². The van der Waals surface area contributed by atoms with Crippen molar-refractivity contribution in [3.63, 3.8) is 0 Å². The van der Waals surface area contributed by atoms with Gasteiger partial charge >= 0.3 is 0 Å². The van der Waals surface area contributed by atoms with Crippen LogP contribution in [0.3, 0.4) is 0 Å². The van der Waals surface area contributed by atoms with Gasteiger partial charge in [0.1, 0.15) is 6.23 Å². The maximum absolute atomic E-state index is 13.1. The lowest BCUT2D eigenvalue weighted by Crippen LogP contribution is -2.54. The highest BCUT2D eigenvalue weighted by Gasteiger charge is 2.37. The van der Waals surface area contributed by atoms with Gasteiger partial charge in [0.25, 0.3) is 0 Å². The Morgan fingerprint density at radius 1 is 1.22 bits per heavy atom. The zero-order valence-electron chi connectivity index (χ0n) is 18.0. The fourth-order valence-corrected chi connectivity index (χ4v) is 4.33. The van der Waals surface area contributed by atoms with Crippen LogP contribution in [0.2, 0.25) is 0 Å². The zero-order chi connectivity index (χ0) is 22.3. The number of hydrogen-bond donors (Lipinski definition) is 4. The molecular weight excluding hydrogens is 404 g/mol. The first-order valence-corrected chi connectivity index (χ1v) is 11.0. The zero-order valence-corrected chi connectivity index (χ0v) is 18.0. The van der Waals surface area contributed by atoms with Crippen LogP contribution in [0.4, 0.5) is 0 Å². The molecule has 1 aliphatic rings. The molecule has 8 heteroatoms. The molecule has 8 nitrogen and oxygen atoms in total. The van der Waals surface area contributed by atoms with E-state index in [1.165, 1.54) is 0 Å². The Labute approximate surface area is 187 Å². The number of nitrogens with two attached hydrogens (primary N) is 1. The highest BCUT2D eigenvalue weighted by atomic mass is 16.3. The number of carbonyl (C=O) groups is 1. The summed E-state index contributed by atoms with van der Waals surface area (Å²) in [6, 6.07) is 14.7. The lowest BCUT2D eigenvalue weighted by molar-refractivity contribution is -0.136. The second kappa shape index (κ2) is 10.5. The molecule has 1 unspecified atom stereocenters. The van der Waals surface area contributed by atoms with Crippen LogP contribution in [0.15, 0.2) is 67.3 Å². The van der Waals surface area contributed by atoms with Crippen molar-refractivity contribution < 1.29 is 9.90 Å². The molecule has 4 atom stereocenters. The van der Waals surface area contributed by atoms with Crippen LogP contribution in [0.5, 0.6) is 0 Å². The van der Waals surface area contributed by atoms with Crippen LogP contribution >= 0.6 is 0 Å². The maximum atomic E-state index is 13.1. The number of imidazole rings is 1. The number of carbonyl (C=O) groups excluding carboxylic acids is 1. The van der Waals surface area contributed by atoms with E-state index in [0.29, 0.717) is 19.4 Å². The van der Waals surface area contributed by atoms with E-state index >= 15 is 0 Å². The van der Waals surface area contributed by atoms with Crippen LogP contribution in [-0.4, -0.2) is 55.7 Å². The SMILES string of the molecule is N[C@@H](Cc1cnc[nH]1)C(=O)N1CCC[C@H]1C(O)N[C@@H](Cc1ccccn1)c1ccccc1. The number of hydrogen-bond acceptors (Lipinski definition) is 6. The quantitative estimate of drug-likeness (QED) is 0.379. The minimum atomic E-state index is -0.880. The van der Waals surface area contributed by atoms with Crippen molar-refractivity contribution in [2.75, 3.05) is 6.54 Å². The van der Waals surface area contributed by atoms with Crippen molar-refractivity contribution in [2.45, 2.75) is 50.0 Å². The predicted molar refractivity (Wildman–Crippen MR) is 121 cm³/mol. The number of likely N-dealkylation sites (tertiary alicyclic amines) is 1. The van der Waals surface area contributed by atoms with E-state index < -0.39 is 12.3 Å². The van der Waals surface area contributed by atoms with Crippen LogP contribution < -0.4 is 11.1 Å². The number of aliphatic hydroxyl groups is 1. The molecule has 0 bridgehead atoms. The van der Waals surface area contributed by atoms with E-state index in [4.69, 9.17) is 5.73 Å². The van der Waals surface area contributed by atoms with Gasteiger partial charge in [-0.05, 0) is 30.5 Å². The summed E-state index contributed by atoms with van der Waals surface area (Å²) in [5.74, 6) is -0.149. The normalized spacial score (nSPS) is 18.9. The molecule has 1 aromatic carbocycles. The minimum Gasteiger partial charge on any atom is -0.376 e. The first-order valence-electron chi connectivity index (χ1n) is 11.0. The topological polar surface area (TPSA) is 120 Å². The van der Waals surface area contributed by atoms with E-state index in [-0.39, 0.29) is 18.0 Å². The number of benzene rings is 1. The molecule has 1 amide bonds. The number of nitrogens with zero attached hydrogens (tertiary/aromatic N) is 3. The number of aromatic nitrogens is 3. The van der Waals surface area contributed by atoms with Gasteiger partial charge in [-0.25, -0.2) is 4.98 Å². The van der Waals surface area contributed by atoms with Crippen molar-refractivity contribution in [2.24, 2.45) is 5.73 Å². The molecule has 168 valence electrons. The van der Waals surface area contributed by atoms with Crippen LogP contribution in [0, 0.1) is 0 Å². The Balaban J connectivity index is 1.45. The summed E-state index contributed by atoms with van der Waals surface area (Å²) < 4.78 is 0. The monoisotopic (exact) mass is 434 g/mol. The van der Waals surface area contributed by atoms with Gasteiger partial charge in [-0.15, -0.1) is 0 Å². The Kier molecular flexibility index (Phi) is 7.26. The Hall–Kier alpha value is -3.07. The number of aliphatic hydroxyl groups excluding tert-OH is 1. The second-order valence-corrected chi connectivity index (χ2v) is 8.23. The number of H-pyrrole nitrogens is 1. The van der Waals surface area contributed by atoms with Crippen LogP contribution in [0.25, 0.3) is 0 Å². The molecule has 2 aromatic heterocycles. The van der Waals surface area contributed by atoms with E-state index in [2.05, 4.69) is 20.3 Å². The Morgan fingerprint density at radius 2 is 2.03 bits per heavy atom. The van der Waals surface area contributed by atoms with Crippen molar-refractivity contribution in [3.8, 4) is 0 Å². The summed E-state index contributed by atoms with van der Waals surface area (Å²) in [6.07, 6.45) is 6.71. The van der Waals surface area contributed by atoms with Gasteiger partial charge in [-0.3, -0.25) is 15.1 Å². The number of aromatic amines is 1.